The molecule has 8 nitrogen and oxygen atoms in total. The molecule has 0 spiro atoms. The van der Waals surface area contributed by atoms with Crippen LogP contribution in [0.1, 0.15) is 16.7 Å². The molecular weight excluding hydrogens is 369 g/mol. The molecule has 2 heterocycles. The highest BCUT2D eigenvalue weighted by molar-refractivity contribution is 7.90. The molecule has 0 saturated heterocycles. The summed E-state index contributed by atoms with van der Waals surface area (Å²) in [7, 11) is -1.50. The zero-order valence-corrected chi connectivity index (χ0v) is 15.5. The van der Waals surface area contributed by atoms with Crippen molar-refractivity contribution >= 4 is 34.7 Å². The molecule has 27 heavy (non-hydrogen) atoms. The van der Waals surface area contributed by atoms with E-state index in [1.54, 1.807) is 37.5 Å². The zero-order chi connectivity index (χ0) is 19.2. The first kappa shape index (κ1) is 17.7. The Morgan fingerprint density at radius 2 is 2.15 bits per heavy atom. The van der Waals surface area contributed by atoms with Crippen molar-refractivity contribution in [1.82, 2.24) is 5.01 Å². The molecule has 0 unspecified atom stereocenters. The Morgan fingerprint density at radius 3 is 2.93 bits per heavy atom. The quantitative estimate of drug-likeness (QED) is 0.464. The number of nitrogens with zero attached hydrogens (tertiary/aromatic N) is 3. The molecular formula is C17H16BN3O5S. The number of hydrazone groups is 1. The average Bonchev–Trinajstić information content (AvgIpc) is 3.16. The lowest BCUT2D eigenvalue weighted by molar-refractivity contribution is 0.275. The average molecular weight is 385 g/mol. The lowest BCUT2D eigenvalue weighted by Crippen LogP contribution is -2.27. The molecule has 10 heteroatoms. The number of hydrogen-bond acceptors (Lipinski definition) is 7. The van der Waals surface area contributed by atoms with E-state index in [4.69, 9.17) is 9.39 Å². The Bertz CT molecular complexity index is 1080. The van der Waals surface area contributed by atoms with E-state index < -0.39 is 17.1 Å². The van der Waals surface area contributed by atoms with Gasteiger partial charge in [0, 0.05) is 12.6 Å². The van der Waals surface area contributed by atoms with Gasteiger partial charge in [-0.15, -0.1) is 4.40 Å². The summed E-state index contributed by atoms with van der Waals surface area (Å²) < 4.78 is 38.7. The van der Waals surface area contributed by atoms with Crippen molar-refractivity contribution in [2.45, 2.75) is 11.5 Å². The minimum absolute atomic E-state index is 0.129. The first-order chi connectivity index (χ1) is 12.9. The second kappa shape index (κ2) is 6.48. The third kappa shape index (κ3) is 3.11. The first-order valence-corrected chi connectivity index (χ1v) is 9.56. The van der Waals surface area contributed by atoms with Crippen molar-refractivity contribution in [3.05, 3.63) is 53.1 Å². The van der Waals surface area contributed by atoms with Crippen LogP contribution in [0.4, 0.5) is 0 Å². The Labute approximate surface area is 156 Å². The van der Waals surface area contributed by atoms with Gasteiger partial charge in [0.1, 0.15) is 10.6 Å². The minimum atomic E-state index is -3.75. The second-order valence-electron chi connectivity index (χ2n) is 6.14. The summed E-state index contributed by atoms with van der Waals surface area (Å²) >= 11 is 0. The summed E-state index contributed by atoms with van der Waals surface area (Å²) in [6.07, 6.45) is 1.60. The highest BCUT2D eigenvalue weighted by Crippen LogP contribution is 2.30. The van der Waals surface area contributed by atoms with Crippen LogP contribution in [-0.2, 0) is 21.3 Å². The van der Waals surface area contributed by atoms with Crippen LogP contribution >= 0.6 is 0 Å². The number of ether oxygens (including phenoxy) is 1. The molecule has 0 atom stereocenters. The van der Waals surface area contributed by atoms with E-state index >= 15 is 0 Å². The van der Waals surface area contributed by atoms with Gasteiger partial charge in [-0.05, 0) is 40.9 Å². The molecule has 138 valence electrons. The Balaban J connectivity index is 1.63. The molecule has 0 radical (unpaired) electrons. The number of sulfonamides is 1. The number of benzene rings is 2. The van der Waals surface area contributed by atoms with Gasteiger partial charge >= 0.3 is 7.12 Å². The number of amidine groups is 1. The van der Waals surface area contributed by atoms with E-state index in [1.807, 2.05) is 6.07 Å². The van der Waals surface area contributed by atoms with Gasteiger partial charge in [-0.1, -0.05) is 12.1 Å². The molecule has 2 aromatic rings. The van der Waals surface area contributed by atoms with E-state index in [9.17, 15) is 13.4 Å². The normalized spacial score (nSPS) is 17.0. The van der Waals surface area contributed by atoms with Crippen LogP contribution < -0.4 is 10.2 Å². The predicted octanol–water partition coefficient (Wildman–Crippen LogP) is 0.328. The topological polar surface area (TPSA) is 101 Å². The number of rotatable bonds is 3. The van der Waals surface area contributed by atoms with Gasteiger partial charge in [-0.3, -0.25) is 0 Å². The summed E-state index contributed by atoms with van der Waals surface area (Å²) in [6.45, 7) is 0.339. The van der Waals surface area contributed by atoms with E-state index in [2.05, 4.69) is 9.50 Å². The lowest BCUT2D eigenvalue weighted by atomic mass is 9.79. The highest BCUT2D eigenvalue weighted by atomic mass is 32.2. The van der Waals surface area contributed by atoms with Gasteiger partial charge in [-0.2, -0.15) is 13.5 Å². The first-order valence-electron chi connectivity index (χ1n) is 8.12. The predicted molar refractivity (Wildman–Crippen MR) is 101 cm³/mol. The maximum Gasteiger partial charge on any atom is 0.491 e. The van der Waals surface area contributed by atoms with Gasteiger partial charge in [0.25, 0.3) is 10.0 Å². The Hall–Kier alpha value is -2.69. The van der Waals surface area contributed by atoms with Crippen LogP contribution in [0.2, 0.25) is 0 Å². The number of fused-ring (bicyclic) bond motifs is 2. The van der Waals surface area contributed by atoms with Crippen molar-refractivity contribution in [3.63, 3.8) is 0 Å². The molecule has 2 aliphatic rings. The van der Waals surface area contributed by atoms with E-state index in [1.165, 1.54) is 18.2 Å². The number of methoxy groups -OCH3 is 1. The second-order valence-corrected chi connectivity index (χ2v) is 7.71. The molecule has 4 rings (SSSR count). The van der Waals surface area contributed by atoms with Crippen LogP contribution in [0.5, 0.6) is 5.75 Å². The van der Waals surface area contributed by atoms with Crippen LogP contribution in [0.15, 0.2) is 50.8 Å². The standard InChI is InChI=1S/C17H16BN3O5S/c1-21(19-9-11-3-5-15-12(7-11)10-26-18(15)22)17-14-8-13(25-2)4-6-16(14)27(23,24)20-17/h3-9,22H,10H2,1-2H3/b19-9+. The Kier molecular flexibility index (Phi) is 4.25. The minimum Gasteiger partial charge on any atom is -0.497 e. The maximum absolute atomic E-state index is 12.3. The van der Waals surface area contributed by atoms with Crippen LogP contribution in [-0.4, -0.2) is 51.8 Å². The summed E-state index contributed by atoms with van der Waals surface area (Å²) in [5.41, 5.74) is 2.88. The Morgan fingerprint density at radius 1 is 1.33 bits per heavy atom. The van der Waals surface area contributed by atoms with Crippen molar-refractivity contribution in [3.8, 4) is 5.75 Å². The molecule has 2 aliphatic heterocycles. The summed E-state index contributed by atoms with van der Waals surface area (Å²) in [6, 6.07) is 10.1. The van der Waals surface area contributed by atoms with Crippen LogP contribution in [0.3, 0.4) is 0 Å². The molecule has 1 N–H and O–H groups in total. The fraction of sp³-hybridized carbons (Fsp3) is 0.176. The molecule has 0 fully saturated rings. The van der Waals surface area contributed by atoms with Gasteiger partial charge < -0.3 is 14.4 Å². The fourth-order valence-corrected chi connectivity index (χ4v) is 4.23. The summed E-state index contributed by atoms with van der Waals surface area (Å²) in [5.74, 6) is 0.758. The van der Waals surface area contributed by atoms with E-state index in [0.29, 0.717) is 17.9 Å². The van der Waals surface area contributed by atoms with Gasteiger partial charge in [0.05, 0.1) is 19.9 Å². The monoisotopic (exact) mass is 385 g/mol. The van der Waals surface area contributed by atoms with Crippen molar-refractivity contribution in [1.29, 1.82) is 0 Å². The molecule has 2 aromatic carbocycles. The third-order valence-corrected chi connectivity index (χ3v) is 5.75. The van der Waals surface area contributed by atoms with E-state index in [-0.39, 0.29) is 10.7 Å². The van der Waals surface area contributed by atoms with Gasteiger partial charge in [-0.25, -0.2) is 5.01 Å². The molecule has 0 amide bonds. The van der Waals surface area contributed by atoms with Crippen molar-refractivity contribution < 1.29 is 22.8 Å². The van der Waals surface area contributed by atoms with E-state index in [0.717, 1.165) is 16.6 Å². The zero-order valence-electron chi connectivity index (χ0n) is 14.7. The summed E-state index contributed by atoms with van der Waals surface area (Å²) in [4.78, 5) is 0.129. The lowest BCUT2D eigenvalue weighted by Gasteiger charge is -2.13. The van der Waals surface area contributed by atoms with Gasteiger partial charge in [0.2, 0.25) is 0 Å². The van der Waals surface area contributed by atoms with Crippen LogP contribution in [0.25, 0.3) is 0 Å². The molecule has 0 saturated carbocycles. The third-order valence-electron chi connectivity index (χ3n) is 4.43. The molecule has 0 bridgehead atoms. The summed E-state index contributed by atoms with van der Waals surface area (Å²) in [5, 5.41) is 15.4. The van der Waals surface area contributed by atoms with Gasteiger partial charge in [0.15, 0.2) is 5.84 Å². The maximum atomic E-state index is 12.3. The molecule has 0 aromatic heterocycles. The van der Waals surface area contributed by atoms with Crippen molar-refractivity contribution in [2.24, 2.45) is 9.50 Å². The smallest absolute Gasteiger partial charge is 0.491 e. The number of hydrogen-bond donors (Lipinski definition) is 1. The van der Waals surface area contributed by atoms with Crippen molar-refractivity contribution in [2.75, 3.05) is 14.2 Å². The highest BCUT2D eigenvalue weighted by Gasteiger charge is 2.31. The SMILES string of the molecule is COc1ccc2c(c1)C(N(C)/N=C/c1ccc3c(c1)COB3O)=NS2(=O)=O. The fourth-order valence-electron chi connectivity index (χ4n) is 3.02. The largest absolute Gasteiger partial charge is 0.497 e. The van der Waals surface area contributed by atoms with Crippen LogP contribution in [0, 0.1) is 0 Å². The molecule has 0 aliphatic carbocycles.